The summed E-state index contributed by atoms with van der Waals surface area (Å²) < 4.78 is 5.35. The van der Waals surface area contributed by atoms with Gasteiger partial charge in [-0.15, -0.1) is 0 Å². The highest BCUT2D eigenvalue weighted by Gasteiger charge is 2.41. The van der Waals surface area contributed by atoms with E-state index in [0.29, 0.717) is 13.2 Å². The van der Waals surface area contributed by atoms with Crippen LogP contribution in [0, 0.1) is 0 Å². The van der Waals surface area contributed by atoms with Crippen molar-refractivity contribution in [3.8, 4) is 0 Å². The van der Waals surface area contributed by atoms with Crippen LogP contribution in [0.5, 0.6) is 0 Å². The number of amides is 2. The third-order valence-corrected chi connectivity index (χ3v) is 2.35. The van der Waals surface area contributed by atoms with Gasteiger partial charge in [0.15, 0.2) is 0 Å². The number of rotatable bonds is 1. The van der Waals surface area contributed by atoms with Crippen LogP contribution in [0.25, 0.3) is 0 Å². The third-order valence-electron chi connectivity index (χ3n) is 2.35. The molecular formula is C7H12N2O3. The SMILES string of the molecule is CONC(=O)N1CC2CC1CO2. The minimum atomic E-state index is -0.159. The molecule has 0 radical (unpaired) electrons. The van der Waals surface area contributed by atoms with Gasteiger partial charge in [-0.1, -0.05) is 0 Å². The maximum Gasteiger partial charge on any atom is 0.341 e. The molecule has 0 aromatic rings. The van der Waals surface area contributed by atoms with Gasteiger partial charge >= 0.3 is 6.03 Å². The molecule has 0 aliphatic carbocycles. The Balaban J connectivity index is 1.93. The monoisotopic (exact) mass is 172 g/mol. The molecule has 2 amide bonds. The summed E-state index contributed by atoms with van der Waals surface area (Å²) in [6.07, 6.45) is 1.22. The first-order chi connectivity index (χ1) is 5.81. The molecule has 68 valence electrons. The van der Waals surface area contributed by atoms with E-state index in [9.17, 15) is 4.79 Å². The Bertz CT molecular complexity index is 197. The Hall–Kier alpha value is -0.810. The lowest BCUT2D eigenvalue weighted by Crippen LogP contribution is -2.46. The average Bonchev–Trinajstić information content (AvgIpc) is 2.64. The topological polar surface area (TPSA) is 50.8 Å². The van der Waals surface area contributed by atoms with Crippen molar-refractivity contribution in [1.29, 1.82) is 0 Å². The van der Waals surface area contributed by atoms with Gasteiger partial charge in [0.2, 0.25) is 0 Å². The standard InChI is InChI=1S/C7H12N2O3/c1-11-8-7(10)9-3-6-2-5(9)4-12-6/h5-6H,2-4H2,1H3,(H,8,10). The van der Waals surface area contributed by atoms with Gasteiger partial charge in [0, 0.05) is 6.54 Å². The zero-order chi connectivity index (χ0) is 8.55. The summed E-state index contributed by atoms with van der Waals surface area (Å²) in [6.45, 7) is 1.36. The molecule has 2 unspecified atom stereocenters. The van der Waals surface area contributed by atoms with E-state index < -0.39 is 0 Å². The van der Waals surface area contributed by atoms with Crippen LogP contribution < -0.4 is 5.48 Å². The Morgan fingerprint density at radius 3 is 3.08 bits per heavy atom. The van der Waals surface area contributed by atoms with Gasteiger partial charge < -0.3 is 9.64 Å². The van der Waals surface area contributed by atoms with Crippen molar-refractivity contribution >= 4 is 6.03 Å². The van der Waals surface area contributed by atoms with Gasteiger partial charge in [0.05, 0.1) is 25.9 Å². The van der Waals surface area contributed by atoms with Crippen LogP contribution >= 0.6 is 0 Å². The number of morpholine rings is 1. The quantitative estimate of drug-likeness (QED) is 0.554. The van der Waals surface area contributed by atoms with Crippen molar-refractivity contribution in [2.75, 3.05) is 20.3 Å². The van der Waals surface area contributed by atoms with E-state index in [1.807, 2.05) is 0 Å². The number of nitrogens with zero attached hydrogens (tertiary/aromatic N) is 1. The van der Waals surface area contributed by atoms with Crippen LogP contribution in [-0.4, -0.2) is 43.3 Å². The lowest BCUT2D eigenvalue weighted by molar-refractivity contribution is 0.0281. The highest BCUT2D eigenvalue weighted by Crippen LogP contribution is 2.27. The van der Waals surface area contributed by atoms with E-state index in [0.717, 1.165) is 6.42 Å². The maximum atomic E-state index is 11.3. The summed E-state index contributed by atoms with van der Waals surface area (Å²) in [5.41, 5.74) is 2.30. The molecule has 2 atom stereocenters. The molecule has 2 fully saturated rings. The number of hydroxylamine groups is 1. The fourth-order valence-corrected chi connectivity index (χ4v) is 1.79. The summed E-state index contributed by atoms with van der Waals surface area (Å²) in [7, 11) is 1.43. The molecule has 2 rings (SSSR count). The van der Waals surface area contributed by atoms with Gasteiger partial charge in [-0.25, -0.2) is 10.3 Å². The van der Waals surface area contributed by atoms with Crippen LogP contribution in [0.3, 0.4) is 0 Å². The maximum absolute atomic E-state index is 11.3. The zero-order valence-electron chi connectivity index (χ0n) is 6.95. The Kier molecular flexibility index (Phi) is 1.90. The Labute approximate surface area is 70.6 Å². The molecule has 2 saturated heterocycles. The predicted octanol–water partition coefficient (Wildman–Crippen LogP) is -0.270. The minimum absolute atomic E-state index is 0.159. The van der Waals surface area contributed by atoms with E-state index in [1.165, 1.54) is 7.11 Å². The number of fused-ring (bicyclic) bond motifs is 2. The van der Waals surface area contributed by atoms with Gasteiger partial charge in [0.25, 0.3) is 0 Å². The van der Waals surface area contributed by atoms with Crippen LogP contribution in [0.4, 0.5) is 4.79 Å². The summed E-state index contributed by atoms with van der Waals surface area (Å²) in [4.78, 5) is 17.6. The molecule has 2 heterocycles. The predicted molar refractivity (Wildman–Crippen MR) is 40.4 cm³/mol. The molecule has 5 heteroatoms. The van der Waals surface area contributed by atoms with Gasteiger partial charge in [-0.3, -0.25) is 4.84 Å². The fourth-order valence-electron chi connectivity index (χ4n) is 1.79. The van der Waals surface area contributed by atoms with Crippen LogP contribution in [0.2, 0.25) is 0 Å². The normalized spacial score (nSPS) is 32.6. The molecule has 2 bridgehead atoms. The van der Waals surface area contributed by atoms with Gasteiger partial charge in [0.1, 0.15) is 0 Å². The van der Waals surface area contributed by atoms with E-state index in [-0.39, 0.29) is 18.2 Å². The van der Waals surface area contributed by atoms with E-state index in [1.54, 1.807) is 4.90 Å². The first-order valence-corrected chi connectivity index (χ1v) is 4.02. The Morgan fingerprint density at radius 1 is 1.75 bits per heavy atom. The van der Waals surface area contributed by atoms with Crippen LogP contribution in [0.1, 0.15) is 6.42 Å². The number of urea groups is 1. The number of ether oxygens (including phenoxy) is 1. The zero-order valence-corrected chi connectivity index (χ0v) is 6.95. The van der Waals surface area contributed by atoms with Crippen molar-refractivity contribution in [2.24, 2.45) is 0 Å². The second kappa shape index (κ2) is 2.91. The second-order valence-corrected chi connectivity index (χ2v) is 3.11. The number of likely N-dealkylation sites (tertiary alicyclic amines) is 1. The number of hydrogen-bond acceptors (Lipinski definition) is 3. The minimum Gasteiger partial charge on any atom is -0.374 e. The van der Waals surface area contributed by atoms with Gasteiger partial charge in [-0.2, -0.15) is 0 Å². The molecule has 5 nitrogen and oxygen atoms in total. The number of hydrogen-bond donors (Lipinski definition) is 1. The fraction of sp³-hybridized carbons (Fsp3) is 0.857. The molecule has 1 N–H and O–H groups in total. The Morgan fingerprint density at radius 2 is 2.58 bits per heavy atom. The highest BCUT2D eigenvalue weighted by atomic mass is 16.6. The van der Waals surface area contributed by atoms with E-state index in [2.05, 4.69) is 10.3 Å². The first-order valence-electron chi connectivity index (χ1n) is 4.02. The molecule has 0 spiro atoms. The smallest absolute Gasteiger partial charge is 0.341 e. The lowest BCUT2D eigenvalue weighted by Gasteiger charge is -2.26. The van der Waals surface area contributed by atoms with Crippen LogP contribution in [0.15, 0.2) is 0 Å². The summed E-state index contributed by atoms with van der Waals surface area (Å²) in [5.74, 6) is 0. The molecule has 2 aliphatic heterocycles. The molecular weight excluding hydrogens is 160 g/mol. The van der Waals surface area contributed by atoms with Crippen LogP contribution in [-0.2, 0) is 9.57 Å². The number of carbonyl (C=O) groups is 1. The largest absolute Gasteiger partial charge is 0.374 e. The van der Waals surface area contributed by atoms with Crippen molar-refractivity contribution < 1.29 is 14.4 Å². The number of carbonyl (C=O) groups excluding carboxylic acids is 1. The van der Waals surface area contributed by atoms with Gasteiger partial charge in [-0.05, 0) is 6.42 Å². The molecule has 0 aromatic heterocycles. The van der Waals surface area contributed by atoms with E-state index >= 15 is 0 Å². The van der Waals surface area contributed by atoms with Crippen molar-refractivity contribution in [1.82, 2.24) is 10.4 Å². The molecule has 0 saturated carbocycles. The third kappa shape index (κ3) is 1.15. The second-order valence-electron chi connectivity index (χ2n) is 3.11. The summed E-state index contributed by atoms with van der Waals surface area (Å²) in [6, 6.07) is 0.0958. The van der Waals surface area contributed by atoms with Crippen molar-refractivity contribution in [3.05, 3.63) is 0 Å². The van der Waals surface area contributed by atoms with Crippen molar-refractivity contribution in [3.63, 3.8) is 0 Å². The molecule has 2 aliphatic rings. The molecule has 12 heavy (non-hydrogen) atoms. The average molecular weight is 172 g/mol. The first kappa shape index (κ1) is 7.82. The number of nitrogens with one attached hydrogen (secondary N) is 1. The highest BCUT2D eigenvalue weighted by molar-refractivity contribution is 5.74. The molecule has 0 aromatic carbocycles. The summed E-state index contributed by atoms with van der Waals surface area (Å²) >= 11 is 0. The van der Waals surface area contributed by atoms with Crippen molar-refractivity contribution in [2.45, 2.75) is 18.6 Å². The summed E-state index contributed by atoms with van der Waals surface area (Å²) in [5, 5.41) is 0. The lowest BCUT2D eigenvalue weighted by atomic mass is 10.2. The van der Waals surface area contributed by atoms with E-state index in [4.69, 9.17) is 4.74 Å².